The van der Waals surface area contributed by atoms with Crippen LogP contribution in [0.5, 0.6) is 0 Å². The van der Waals surface area contributed by atoms with Crippen molar-refractivity contribution in [3.05, 3.63) is 34.9 Å². The van der Waals surface area contributed by atoms with Crippen LogP contribution >= 0.6 is 23.2 Å². The number of ether oxygens (including phenoxy) is 1. The lowest BCUT2D eigenvalue weighted by atomic mass is 10.2. The van der Waals surface area contributed by atoms with E-state index in [9.17, 15) is 0 Å². The third-order valence-electron chi connectivity index (χ3n) is 2.31. The van der Waals surface area contributed by atoms with Crippen LogP contribution in [0.1, 0.15) is 5.56 Å². The SMILES string of the molecule is COCCN(CCCl)Cc1cccc(Cl)c1. The molecule has 0 unspecified atom stereocenters. The number of hydrogen-bond donors (Lipinski definition) is 0. The Bertz CT molecular complexity index is 307. The van der Waals surface area contributed by atoms with Crippen LogP contribution in [0.2, 0.25) is 5.02 Å². The van der Waals surface area contributed by atoms with E-state index in [2.05, 4.69) is 11.0 Å². The molecular formula is C12H17Cl2NO. The lowest BCUT2D eigenvalue weighted by molar-refractivity contribution is 0.148. The summed E-state index contributed by atoms with van der Waals surface area (Å²) in [6, 6.07) is 7.90. The standard InChI is InChI=1S/C12H17Cl2NO/c1-16-8-7-15(6-5-13)10-11-3-2-4-12(14)9-11/h2-4,9H,5-8,10H2,1H3. The number of benzene rings is 1. The van der Waals surface area contributed by atoms with Crippen molar-refractivity contribution in [3.8, 4) is 0 Å². The van der Waals surface area contributed by atoms with Crippen molar-refractivity contribution < 1.29 is 4.74 Å². The van der Waals surface area contributed by atoms with Crippen LogP contribution in [0.3, 0.4) is 0 Å². The molecule has 0 aliphatic rings. The van der Waals surface area contributed by atoms with Crippen LogP contribution in [0.25, 0.3) is 0 Å². The van der Waals surface area contributed by atoms with Gasteiger partial charge in [0, 0.05) is 37.6 Å². The molecule has 90 valence electrons. The Hall–Kier alpha value is -0.280. The maximum atomic E-state index is 5.94. The van der Waals surface area contributed by atoms with Crippen LogP contribution in [-0.4, -0.2) is 37.6 Å². The van der Waals surface area contributed by atoms with Gasteiger partial charge in [0.15, 0.2) is 0 Å². The monoisotopic (exact) mass is 261 g/mol. The Morgan fingerprint density at radius 1 is 1.31 bits per heavy atom. The van der Waals surface area contributed by atoms with E-state index in [1.54, 1.807) is 7.11 Å². The highest BCUT2D eigenvalue weighted by atomic mass is 35.5. The molecule has 0 atom stereocenters. The molecule has 16 heavy (non-hydrogen) atoms. The summed E-state index contributed by atoms with van der Waals surface area (Å²) >= 11 is 11.7. The predicted octanol–water partition coefficient (Wildman–Crippen LogP) is 3.03. The molecule has 1 rings (SSSR count). The highest BCUT2D eigenvalue weighted by Gasteiger charge is 2.05. The normalized spacial score (nSPS) is 11.0. The van der Waals surface area contributed by atoms with Crippen molar-refractivity contribution >= 4 is 23.2 Å². The van der Waals surface area contributed by atoms with E-state index in [4.69, 9.17) is 27.9 Å². The highest BCUT2D eigenvalue weighted by molar-refractivity contribution is 6.30. The van der Waals surface area contributed by atoms with Gasteiger partial charge in [0.25, 0.3) is 0 Å². The summed E-state index contributed by atoms with van der Waals surface area (Å²) in [5, 5.41) is 0.773. The maximum absolute atomic E-state index is 5.94. The van der Waals surface area contributed by atoms with Crippen molar-refractivity contribution in [2.45, 2.75) is 6.54 Å². The Morgan fingerprint density at radius 2 is 2.12 bits per heavy atom. The van der Waals surface area contributed by atoms with E-state index in [1.165, 1.54) is 5.56 Å². The Labute approximate surface area is 107 Å². The quantitative estimate of drug-likeness (QED) is 0.700. The van der Waals surface area contributed by atoms with E-state index in [0.717, 1.165) is 31.3 Å². The maximum Gasteiger partial charge on any atom is 0.0589 e. The van der Waals surface area contributed by atoms with Gasteiger partial charge in [-0.25, -0.2) is 0 Å². The fourth-order valence-corrected chi connectivity index (χ4v) is 1.96. The van der Waals surface area contributed by atoms with Gasteiger partial charge in [-0.2, -0.15) is 0 Å². The number of alkyl halides is 1. The highest BCUT2D eigenvalue weighted by Crippen LogP contribution is 2.12. The van der Waals surface area contributed by atoms with Crippen LogP contribution in [0.4, 0.5) is 0 Å². The molecule has 0 saturated carbocycles. The van der Waals surface area contributed by atoms with Gasteiger partial charge in [-0.1, -0.05) is 23.7 Å². The average molecular weight is 262 g/mol. The van der Waals surface area contributed by atoms with E-state index in [1.807, 2.05) is 18.2 Å². The largest absolute Gasteiger partial charge is 0.383 e. The zero-order valence-corrected chi connectivity index (χ0v) is 11.0. The van der Waals surface area contributed by atoms with Crippen molar-refractivity contribution in [3.63, 3.8) is 0 Å². The molecule has 0 aliphatic carbocycles. The van der Waals surface area contributed by atoms with Gasteiger partial charge >= 0.3 is 0 Å². The fourth-order valence-electron chi connectivity index (χ4n) is 1.50. The molecule has 0 amide bonds. The minimum Gasteiger partial charge on any atom is -0.383 e. The second-order valence-electron chi connectivity index (χ2n) is 3.59. The summed E-state index contributed by atoms with van der Waals surface area (Å²) in [5.74, 6) is 0.629. The van der Waals surface area contributed by atoms with Gasteiger partial charge in [0.05, 0.1) is 6.61 Å². The molecule has 0 aromatic heterocycles. The summed E-state index contributed by atoms with van der Waals surface area (Å²) in [6.07, 6.45) is 0. The topological polar surface area (TPSA) is 12.5 Å². The Kier molecular flexibility index (Phi) is 6.81. The zero-order chi connectivity index (χ0) is 11.8. The second-order valence-corrected chi connectivity index (χ2v) is 4.40. The molecule has 4 heteroatoms. The van der Waals surface area contributed by atoms with Gasteiger partial charge in [0.2, 0.25) is 0 Å². The van der Waals surface area contributed by atoms with Crippen molar-refractivity contribution in [1.29, 1.82) is 0 Å². The molecule has 0 N–H and O–H groups in total. The second kappa shape index (κ2) is 7.91. The molecule has 0 radical (unpaired) electrons. The van der Waals surface area contributed by atoms with E-state index in [-0.39, 0.29) is 0 Å². The van der Waals surface area contributed by atoms with Crippen LogP contribution in [0.15, 0.2) is 24.3 Å². The first-order valence-corrected chi connectivity index (χ1v) is 6.19. The summed E-state index contributed by atoms with van der Waals surface area (Å²) < 4.78 is 5.07. The van der Waals surface area contributed by atoms with Gasteiger partial charge < -0.3 is 4.74 Å². The molecule has 0 heterocycles. The van der Waals surface area contributed by atoms with E-state index in [0.29, 0.717) is 5.88 Å². The summed E-state index contributed by atoms with van der Waals surface area (Å²) in [6.45, 7) is 3.32. The Balaban J connectivity index is 2.52. The van der Waals surface area contributed by atoms with Gasteiger partial charge in [-0.3, -0.25) is 4.90 Å². The first-order valence-electron chi connectivity index (χ1n) is 5.28. The number of halogens is 2. The number of rotatable bonds is 7. The van der Waals surface area contributed by atoms with Gasteiger partial charge in [0.1, 0.15) is 0 Å². The number of methoxy groups -OCH3 is 1. The van der Waals surface area contributed by atoms with Crippen molar-refractivity contribution in [2.75, 3.05) is 32.7 Å². The fraction of sp³-hybridized carbons (Fsp3) is 0.500. The smallest absolute Gasteiger partial charge is 0.0589 e. The molecule has 0 bridgehead atoms. The van der Waals surface area contributed by atoms with Gasteiger partial charge in [-0.05, 0) is 17.7 Å². The lowest BCUT2D eigenvalue weighted by Gasteiger charge is -2.20. The lowest BCUT2D eigenvalue weighted by Crippen LogP contribution is -2.28. The first-order chi connectivity index (χ1) is 7.76. The predicted molar refractivity (Wildman–Crippen MR) is 69.3 cm³/mol. The third-order valence-corrected chi connectivity index (χ3v) is 2.71. The number of hydrogen-bond acceptors (Lipinski definition) is 2. The third kappa shape index (κ3) is 5.17. The molecule has 0 spiro atoms. The molecule has 0 saturated heterocycles. The summed E-state index contributed by atoms with van der Waals surface area (Å²) in [4.78, 5) is 2.25. The van der Waals surface area contributed by atoms with E-state index >= 15 is 0 Å². The van der Waals surface area contributed by atoms with Crippen molar-refractivity contribution in [1.82, 2.24) is 4.90 Å². The van der Waals surface area contributed by atoms with E-state index < -0.39 is 0 Å². The first kappa shape index (κ1) is 13.8. The van der Waals surface area contributed by atoms with Crippen molar-refractivity contribution in [2.24, 2.45) is 0 Å². The van der Waals surface area contributed by atoms with Crippen LogP contribution in [-0.2, 0) is 11.3 Å². The molecule has 2 nitrogen and oxygen atoms in total. The molecule has 1 aromatic rings. The average Bonchev–Trinajstić information content (AvgIpc) is 2.26. The summed E-state index contributed by atoms with van der Waals surface area (Å²) in [5.41, 5.74) is 1.20. The molecule has 0 fully saturated rings. The summed E-state index contributed by atoms with van der Waals surface area (Å²) in [7, 11) is 1.71. The van der Waals surface area contributed by atoms with Crippen LogP contribution < -0.4 is 0 Å². The number of nitrogens with zero attached hydrogens (tertiary/aromatic N) is 1. The molecular weight excluding hydrogens is 245 g/mol. The molecule has 1 aromatic carbocycles. The minimum absolute atomic E-state index is 0.629. The van der Waals surface area contributed by atoms with Crippen LogP contribution in [0, 0.1) is 0 Å². The minimum atomic E-state index is 0.629. The molecule has 0 aliphatic heterocycles. The van der Waals surface area contributed by atoms with Gasteiger partial charge in [-0.15, -0.1) is 11.6 Å². The zero-order valence-electron chi connectivity index (χ0n) is 9.46. The Morgan fingerprint density at radius 3 is 2.75 bits per heavy atom.